The van der Waals surface area contributed by atoms with Gasteiger partial charge in [-0.2, -0.15) is 5.10 Å². The topological polar surface area (TPSA) is 63.0 Å². The van der Waals surface area contributed by atoms with Crippen LogP contribution in [0.3, 0.4) is 0 Å². The van der Waals surface area contributed by atoms with E-state index in [2.05, 4.69) is 15.4 Å². The van der Waals surface area contributed by atoms with Gasteiger partial charge in [0.25, 0.3) is 0 Å². The zero-order valence-corrected chi connectivity index (χ0v) is 9.09. The maximum Gasteiger partial charge on any atom is 0.133 e. The number of aryl methyl sites for hydroxylation is 1. The second-order valence-corrected chi connectivity index (χ2v) is 3.59. The second kappa shape index (κ2) is 4.76. The Balaban J connectivity index is 1.82. The van der Waals surface area contributed by atoms with Crippen molar-refractivity contribution in [3.63, 3.8) is 0 Å². The van der Waals surface area contributed by atoms with Crippen LogP contribution in [-0.4, -0.2) is 19.9 Å². The van der Waals surface area contributed by atoms with Gasteiger partial charge in [-0.15, -0.1) is 0 Å². The van der Waals surface area contributed by atoms with Crippen molar-refractivity contribution in [1.29, 1.82) is 0 Å². The average molecular weight is 218 g/mol. The summed E-state index contributed by atoms with van der Waals surface area (Å²) >= 11 is 0. The van der Waals surface area contributed by atoms with Gasteiger partial charge in [0, 0.05) is 26.3 Å². The summed E-state index contributed by atoms with van der Waals surface area (Å²) < 4.78 is 1.77. The number of pyridine rings is 1. The van der Waals surface area contributed by atoms with Crippen LogP contribution in [0.5, 0.6) is 5.75 Å². The summed E-state index contributed by atoms with van der Waals surface area (Å²) in [6.07, 6.45) is 3.35. The molecule has 2 rings (SSSR count). The van der Waals surface area contributed by atoms with Gasteiger partial charge in [-0.1, -0.05) is 0 Å². The highest BCUT2D eigenvalue weighted by molar-refractivity contribution is 5.17. The molecule has 0 radical (unpaired) electrons. The minimum atomic E-state index is 0.188. The number of hydrogen-bond acceptors (Lipinski definition) is 4. The Morgan fingerprint density at radius 1 is 1.25 bits per heavy atom. The van der Waals surface area contributed by atoms with Crippen molar-refractivity contribution in [3.05, 3.63) is 42.0 Å². The zero-order valence-electron chi connectivity index (χ0n) is 9.09. The van der Waals surface area contributed by atoms with Gasteiger partial charge in [-0.05, 0) is 18.2 Å². The number of aromatic hydroxyl groups is 1. The molecule has 0 aliphatic rings. The van der Waals surface area contributed by atoms with Crippen molar-refractivity contribution in [3.8, 4) is 5.75 Å². The molecule has 5 heteroatoms. The first-order valence-electron chi connectivity index (χ1n) is 5.07. The van der Waals surface area contributed by atoms with Gasteiger partial charge in [0.2, 0.25) is 0 Å². The summed E-state index contributed by atoms with van der Waals surface area (Å²) in [7, 11) is 1.89. The molecule has 0 amide bonds. The van der Waals surface area contributed by atoms with Crippen LogP contribution in [0.15, 0.2) is 30.6 Å². The van der Waals surface area contributed by atoms with Gasteiger partial charge in [-0.3, -0.25) is 9.67 Å². The maximum atomic E-state index is 9.07. The molecule has 0 spiro atoms. The number of nitrogens with zero attached hydrogens (tertiary/aromatic N) is 3. The Morgan fingerprint density at radius 2 is 2.06 bits per heavy atom. The van der Waals surface area contributed by atoms with Crippen molar-refractivity contribution in [2.45, 2.75) is 13.1 Å². The number of hydrogen-bond donors (Lipinski definition) is 2. The van der Waals surface area contributed by atoms with Gasteiger partial charge >= 0.3 is 0 Å². The third-order valence-electron chi connectivity index (χ3n) is 2.19. The highest BCUT2D eigenvalue weighted by atomic mass is 16.3. The fourth-order valence-electron chi connectivity index (χ4n) is 1.40. The van der Waals surface area contributed by atoms with Gasteiger partial charge in [0.05, 0.1) is 17.6 Å². The van der Waals surface area contributed by atoms with Crippen molar-refractivity contribution in [1.82, 2.24) is 20.1 Å². The molecule has 16 heavy (non-hydrogen) atoms. The van der Waals surface area contributed by atoms with E-state index in [4.69, 9.17) is 5.11 Å². The van der Waals surface area contributed by atoms with Crippen LogP contribution < -0.4 is 5.32 Å². The van der Waals surface area contributed by atoms with E-state index in [0.717, 1.165) is 11.4 Å². The molecule has 0 aliphatic heterocycles. The van der Waals surface area contributed by atoms with Crippen molar-refractivity contribution >= 4 is 0 Å². The lowest BCUT2D eigenvalue weighted by Gasteiger charge is -2.02. The molecule has 84 valence electrons. The lowest BCUT2D eigenvalue weighted by atomic mass is 10.3. The summed E-state index contributed by atoms with van der Waals surface area (Å²) in [5.74, 6) is 0.188. The van der Waals surface area contributed by atoms with Gasteiger partial charge in [0.15, 0.2) is 0 Å². The Labute approximate surface area is 93.8 Å². The predicted octanol–water partition coefficient (Wildman–Crippen LogP) is 0.810. The Kier molecular flexibility index (Phi) is 3.16. The Bertz CT molecular complexity index is 449. The molecule has 2 aromatic rings. The van der Waals surface area contributed by atoms with Crippen LogP contribution in [0.1, 0.15) is 11.4 Å². The van der Waals surface area contributed by atoms with Gasteiger partial charge in [-0.25, -0.2) is 0 Å². The quantitative estimate of drug-likeness (QED) is 0.797. The molecule has 2 heterocycles. The zero-order chi connectivity index (χ0) is 11.4. The molecule has 0 aromatic carbocycles. The van der Waals surface area contributed by atoms with Gasteiger partial charge < -0.3 is 10.4 Å². The largest absolute Gasteiger partial charge is 0.506 e. The predicted molar refractivity (Wildman–Crippen MR) is 59.7 cm³/mol. The minimum absolute atomic E-state index is 0.188. The Hall–Kier alpha value is -1.88. The van der Waals surface area contributed by atoms with Crippen LogP contribution >= 0.6 is 0 Å². The van der Waals surface area contributed by atoms with Crippen molar-refractivity contribution in [2.24, 2.45) is 7.05 Å². The molecular formula is C11H14N4O. The van der Waals surface area contributed by atoms with Crippen LogP contribution in [0.4, 0.5) is 0 Å². The summed E-state index contributed by atoms with van der Waals surface area (Å²) in [4.78, 5) is 4.08. The smallest absolute Gasteiger partial charge is 0.133 e. The normalized spacial score (nSPS) is 10.6. The summed E-state index contributed by atoms with van der Waals surface area (Å²) in [5.41, 5.74) is 1.90. The standard InChI is InChI=1S/C11H14N4O/c1-15-5-4-10(14-15)7-12-6-9-2-3-11(16)8-13-9/h2-5,8,12,16H,6-7H2,1H3. The Morgan fingerprint density at radius 3 is 2.69 bits per heavy atom. The maximum absolute atomic E-state index is 9.07. The molecule has 0 atom stereocenters. The SMILES string of the molecule is Cn1ccc(CNCc2ccc(O)cn2)n1. The van der Waals surface area contributed by atoms with Gasteiger partial charge in [0.1, 0.15) is 5.75 Å². The number of rotatable bonds is 4. The third kappa shape index (κ3) is 2.80. The lowest BCUT2D eigenvalue weighted by Crippen LogP contribution is -2.14. The minimum Gasteiger partial charge on any atom is -0.506 e. The number of nitrogens with one attached hydrogen (secondary N) is 1. The molecule has 0 aliphatic carbocycles. The third-order valence-corrected chi connectivity index (χ3v) is 2.19. The first kappa shape index (κ1) is 10.6. The van der Waals surface area contributed by atoms with Crippen molar-refractivity contribution in [2.75, 3.05) is 0 Å². The van der Waals surface area contributed by atoms with E-state index in [1.807, 2.05) is 19.3 Å². The van der Waals surface area contributed by atoms with E-state index in [0.29, 0.717) is 13.1 Å². The first-order valence-corrected chi connectivity index (χ1v) is 5.07. The monoisotopic (exact) mass is 218 g/mol. The summed E-state index contributed by atoms with van der Waals surface area (Å²) in [5, 5.41) is 16.5. The van der Waals surface area contributed by atoms with E-state index in [-0.39, 0.29) is 5.75 Å². The highest BCUT2D eigenvalue weighted by Gasteiger charge is 1.97. The molecule has 5 nitrogen and oxygen atoms in total. The molecule has 0 unspecified atom stereocenters. The molecule has 0 saturated carbocycles. The van der Waals surface area contributed by atoms with E-state index >= 15 is 0 Å². The van der Waals surface area contributed by atoms with Crippen LogP contribution in [0, 0.1) is 0 Å². The van der Waals surface area contributed by atoms with Crippen LogP contribution in [-0.2, 0) is 20.1 Å². The van der Waals surface area contributed by atoms with Crippen molar-refractivity contribution < 1.29 is 5.11 Å². The van der Waals surface area contributed by atoms with E-state index in [1.54, 1.807) is 16.8 Å². The van der Waals surface area contributed by atoms with Crippen LogP contribution in [0.25, 0.3) is 0 Å². The molecular weight excluding hydrogens is 204 g/mol. The average Bonchev–Trinajstić information content (AvgIpc) is 2.67. The first-order chi connectivity index (χ1) is 7.74. The van der Waals surface area contributed by atoms with E-state index in [1.165, 1.54) is 6.20 Å². The molecule has 0 fully saturated rings. The molecule has 0 saturated heterocycles. The van der Waals surface area contributed by atoms with E-state index < -0.39 is 0 Å². The molecule has 2 aromatic heterocycles. The highest BCUT2D eigenvalue weighted by Crippen LogP contribution is 2.05. The number of aromatic nitrogens is 3. The van der Waals surface area contributed by atoms with E-state index in [9.17, 15) is 0 Å². The van der Waals surface area contributed by atoms with Crippen LogP contribution in [0.2, 0.25) is 0 Å². The summed E-state index contributed by atoms with van der Waals surface area (Å²) in [6.45, 7) is 1.38. The second-order valence-electron chi connectivity index (χ2n) is 3.59. The fraction of sp³-hybridized carbons (Fsp3) is 0.273. The summed E-state index contributed by atoms with van der Waals surface area (Å²) in [6, 6.07) is 5.39. The molecule has 2 N–H and O–H groups in total. The fourth-order valence-corrected chi connectivity index (χ4v) is 1.40. The lowest BCUT2D eigenvalue weighted by molar-refractivity contribution is 0.471. The molecule has 0 bridgehead atoms.